The molecule has 0 radical (unpaired) electrons. The van der Waals surface area contributed by atoms with Gasteiger partial charge in [-0.1, -0.05) is 50.6 Å². The molecule has 1 heterocycles. The van der Waals surface area contributed by atoms with Crippen molar-refractivity contribution in [3.05, 3.63) is 64.2 Å². The predicted molar refractivity (Wildman–Crippen MR) is 152 cm³/mol. The summed E-state index contributed by atoms with van der Waals surface area (Å²) in [7, 11) is 0. The Morgan fingerprint density at radius 3 is 2.74 bits per heavy atom. The summed E-state index contributed by atoms with van der Waals surface area (Å²) in [4.78, 5) is 29.8. The van der Waals surface area contributed by atoms with Crippen LogP contribution in [0.15, 0.2) is 53.6 Å². The average Bonchev–Trinajstić information content (AvgIpc) is 3.17. The molecule has 4 fully saturated rings. The van der Waals surface area contributed by atoms with Crippen LogP contribution in [0.1, 0.15) is 77.2 Å². The quantitative estimate of drug-likeness (QED) is 0.286. The van der Waals surface area contributed by atoms with Crippen molar-refractivity contribution >= 4 is 17.7 Å². The van der Waals surface area contributed by atoms with Crippen molar-refractivity contribution in [2.75, 3.05) is 6.61 Å². The number of benzene rings is 1. The number of hydrogen-bond donors (Lipinski definition) is 0. The van der Waals surface area contributed by atoms with Gasteiger partial charge in [-0.3, -0.25) is 19.9 Å². The van der Waals surface area contributed by atoms with Gasteiger partial charge in [0.1, 0.15) is 11.3 Å². The number of carbonyl (C=O) groups is 1. The van der Waals surface area contributed by atoms with Gasteiger partial charge in [-0.2, -0.15) is 0 Å². The summed E-state index contributed by atoms with van der Waals surface area (Å²) < 4.78 is 6.28. The van der Waals surface area contributed by atoms with Crippen molar-refractivity contribution in [1.82, 2.24) is 0 Å². The third-order valence-corrected chi connectivity index (χ3v) is 11.7. The van der Waals surface area contributed by atoms with Crippen LogP contribution < -0.4 is 0 Å². The molecule has 5 aliphatic rings. The number of ketones is 1. The molecule has 1 aromatic rings. The second-order valence-corrected chi connectivity index (χ2v) is 13.5. The first-order chi connectivity index (χ1) is 18.8. The zero-order valence-electron chi connectivity index (χ0n) is 23.4. The van der Waals surface area contributed by atoms with Crippen LogP contribution in [0.25, 0.3) is 0 Å². The highest BCUT2D eigenvalue weighted by atomic mass is 16.6. The second-order valence-electron chi connectivity index (χ2n) is 13.5. The maximum Gasteiger partial charge on any atom is 0.269 e. The Morgan fingerprint density at radius 2 is 1.90 bits per heavy atom. The molecule has 3 unspecified atom stereocenters. The number of hydrogen-bond acceptors (Lipinski definition) is 5. The molecule has 6 nitrogen and oxygen atoms in total. The lowest BCUT2D eigenvalue weighted by Gasteiger charge is -2.62. The van der Waals surface area contributed by atoms with E-state index in [4.69, 9.17) is 9.73 Å². The van der Waals surface area contributed by atoms with Crippen LogP contribution in [0.4, 0.5) is 5.69 Å². The number of ether oxygens (including phenoxy) is 1. The number of carbonyl (C=O) groups excluding carboxylic acids is 1. The summed E-state index contributed by atoms with van der Waals surface area (Å²) >= 11 is 0. The largest absolute Gasteiger partial charge is 0.374 e. The Balaban J connectivity index is 1.28. The third-order valence-electron chi connectivity index (χ3n) is 11.7. The van der Waals surface area contributed by atoms with Gasteiger partial charge in [0.15, 0.2) is 0 Å². The zero-order chi connectivity index (χ0) is 27.3. The SMILES string of the molecule is C[C@@]12CCC[C@H]1[C@@H]1CCC3C(C4(COCc5cccc([N+](=O)[O-])c5)C=CC=CC=N4)C(=O)CC[C@]3(C)[C@H]1CC2. The molecule has 4 aliphatic carbocycles. The van der Waals surface area contributed by atoms with Gasteiger partial charge in [0.25, 0.3) is 5.69 Å². The number of fused-ring (bicyclic) bond motifs is 5. The Labute approximate surface area is 232 Å². The number of non-ortho nitro benzene ring substituents is 1. The van der Waals surface area contributed by atoms with E-state index in [1.54, 1.807) is 12.1 Å². The number of rotatable bonds is 6. The van der Waals surface area contributed by atoms with E-state index >= 15 is 0 Å². The van der Waals surface area contributed by atoms with Gasteiger partial charge < -0.3 is 4.74 Å². The van der Waals surface area contributed by atoms with Crippen molar-refractivity contribution < 1.29 is 14.5 Å². The molecule has 1 aliphatic heterocycles. The van der Waals surface area contributed by atoms with Gasteiger partial charge in [-0.25, -0.2) is 0 Å². The third kappa shape index (κ3) is 4.53. The standard InChI is InChI=1S/C33H42N2O4/c1-31-15-7-10-26(31)25-11-12-28-30(29(36)14-18-32(28,2)27(25)13-17-31)33(16-4-3-5-19-34-33)22-39-21-23-8-6-9-24(20-23)35(37)38/h3-6,8-9,16,19-20,25-28,30H,7,10-15,17-18,21-22H2,1-2H3/t25-,26-,27-,28?,30?,31-,32+,33?/m0/s1. The predicted octanol–water partition coefficient (Wildman–Crippen LogP) is 7.28. The lowest BCUT2D eigenvalue weighted by Crippen LogP contribution is -2.60. The number of nitro groups is 1. The van der Waals surface area contributed by atoms with Gasteiger partial charge >= 0.3 is 0 Å². The molecule has 39 heavy (non-hydrogen) atoms. The molecule has 6 heteroatoms. The Hall–Kier alpha value is -2.60. The normalized spacial score (nSPS) is 41.0. The molecule has 0 bridgehead atoms. The van der Waals surface area contributed by atoms with Gasteiger partial charge in [0, 0.05) is 24.8 Å². The van der Waals surface area contributed by atoms with Crippen LogP contribution in [0.3, 0.4) is 0 Å². The van der Waals surface area contributed by atoms with E-state index in [1.165, 1.54) is 44.6 Å². The number of nitro benzene ring substituents is 1. The number of aliphatic imine (C=N–C) groups is 1. The fourth-order valence-corrected chi connectivity index (χ4v) is 9.81. The van der Waals surface area contributed by atoms with Crippen LogP contribution in [-0.2, 0) is 16.1 Å². The van der Waals surface area contributed by atoms with Crippen LogP contribution in [0, 0.1) is 50.5 Å². The van der Waals surface area contributed by atoms with Crippen molar-refractivity contribution in [3.63, 3.8) is 0 Å². The second kappa shape index (κ2) is 10.1. The maximum atomic E-state index is 13.9. The molecular weight excluding hydrogens is 488 g/mol. The summed E-state index contributed by atoms with van der Waals surface area (Å²) in [5.74, 6) is 2.70. The Kier molecular flexibility index (Phi) is 6.89. The van der Waals surface area contributed by atoms with Gasteiger partial charge in [-0.15, -0.1) is 0 Å². The number of allylic oxidation sites excluding steroid dienone is 3. The van der Waals surface area contributed by atoms with E-state index in [1.807, 2.05) is 30.5 Å². The summed E-state index contributed by atoms with van der Waals surface area (Å²) in [6.45, 7) is 5.58. The van der Waals surface area contributed by atoms with E-state index in [9.17, 15) is 14.9 Å². The minimum absolute atomic E-state index is 0.0585. The monoisotopic (exact) mass is 530 g/mol. The van der Waals surface area contributed by atoms with E-state index in [0.29, 0.717) is 23.5 Å². The Bertz CT molecular complexity index is 1200. The molecular formula is C33H42N2O4. The highest BCUT2D eigenvalue weighted by molar-refractivity contribution is 5.85. The first-order valence-electron chi connectivity index (χ1n) is 15.0. The fourth-order valence-electron chi connectivity index (χ4n) is 9.81. The smallest absolute Gasteiger partial charge is 0.269 e. The molecule has 4 saturated carbocycles. The molecule has 1 aromatic carbocycles. The summed E-state index contributed by atoms with van der Waals surface area (Å²) in [5.41, 5.74) is 0.707. The fraction of sp³-hybridized carbons (Fsp3) is 0.636. The highest BCUT2D eigenvalue weighted by Crippen LogP contribution is 2.67. The summed E-state index contributed by atoms with van der Waals surface area (Å²) in [6, 6.07) is 6.59. The lowest BCUT2D eigenvalue weighted by atomic mass is 9.42. The molecule has 208 valence electrons. The van der Waals surface area contributed by atoms with Gasteiger partial charge in [-0.05, 0) is 91.1 Å². The lowest BCUT2D eigenvalue weighted by molar-refractivity contribution is -0.384. The summed E-state index contributed by atoms with van der Waals surface area (Å²) in [6.07, 6.45) is 20.5. The number of nitrogens with zero attached hydrogens (tertiary/aromatic N) is 2. The molecule has 0 aromatic heterocycles. The molecule has 6 rings (SSSR count). The maximum absolute atomic E-state index is 13.9. The van der Waals surface area contributed by atoms with Crippen LogP contribution >= 0.6 is 0 Å². The van der Waals surface area contributed by atoms with E-state index in [2.05, 4.69) is 19.9 Å². The first kappa shape index (κ1) is 26.6. The average molecular weight is 531 g/mol. The van der Waals surface area contributed by atoms with Crippen molar-refractivity contribution in [1.29, 1.82) is 0 Å². The Morgan fingerprint density at radius 1 is 1.03 bits per heavy atom. The zero-order valence-corrected chi connectivity index (χ0v) is 23.4. The number of Topliss-reactive ketones (excluding diaryl/α,β-unsaturated/α-hetero) is 1. The summed E-state index contributed by atoms with van der Waals surface area (Å²) in [5, 5.41) is 11.2. The minimum Gasteiger partial charge on any atom is -0.374 e. The van der Waals surface area contributed by atoms with Crippen molar-refractivity contribution in [2.45, 2.75) is 83.8 Å². The molecule has 0 N–H and O–H groups in total. The first-order valence-corrected chi connectivity index (χ1v) is 15.0. The van der Waals surface area contributed by atoms with Crippen molar-refractivity contribution in [2.24, 2.45) is 45.4 Å². The molecule has 0 saturated heterocycles. The molecule has 0 amide bonds. The topological polar surface area (TPSA) is 81.8 Å². The van der Waals surface area contributed by atoms with Crippen LogP contribution in [0.2, 0.25) is 0 Å². The molecule has 8 atom stereocenters. The minimum atomic E-state index is -0.767. The highest BCUT2D eigenvalue weighted by Gasteiger charge is 2.62. The van der Waals surface area contributed by atoms with E-state index in [-0.39, 0.29) is 41.1 Å². The van der Waals surface area contributed by atoms with E-state index in [0.717, 1.165) is 30.2 Å². The van der Waals surface area contributed by atoms with Gasteiger partial charge in [0.05, 0.1) is 24.1 Å². The van der Waals surface area contributed by atoms with E-state index < -0.39 is 5.54 Å². The van der Waals surface area contributed by atoms with Gasteiger partial charge in [0.2, 0.25) is 0 Å². The van der Waals surface area contributed by atoms with Crippen LogP contribution in [0.5, 0.6) is 0 Å². The van der Waals surface area contributed by atoms with Crippen molar-refractivity contribution in [3.8, 4) is 0 Å². The van der Waals surface area contributed by atoms with Crippen LogP contribution in [-0.4, -0.2) is 29.1 Å². The molecule has 0 spiro atoms.